The first kappa shape index (κ1) is 14.6. The number of phenols is 1. The number of phenolic OH excluding ortho intramolecular Hbond substituents is 1. The smallest absolute Gasteiger partial charge is 0.214 e. The highest BCUT2D eigenvalue weighted by atomic mass is 32.2. The maximum Gasteiger partial charge on any atom is 0.214 e. The lowest BCUT2D eigenvalue weighted by molar-refractivity contribution is 0.453. The number of benzene rings is 1. The zero-order valence-electron chi connectivity index (χ0n) is 12.2. The predicted molar refractivity (Wildman–Crippen MR) is 81.0 cm³/mol. The standard InChI is InChI=1S/C14H15N5O2S/c1-9(2)12-7-15-13(21-12)8-22-14-16-17-18-19(14)10-3-5-11(20)6-4-10/h3-7,9,20H,8H2,1-2H3. The fourth-order valence-corrected chi connectivity index (χ4v) is 2.55. The van der Waals surface area contributed by atoms with Gasteiger partial charge in [0.2, 0.25) is 11.0 Å². The molecule has 1 aromatic carbocycles. The molecule has 0 aliphatic carbocycles. The van der Waals surface area contributed by atoms with E-state index in [0.29, 0.717) is 22.7 Å². The quantitative estimate of drug-likeness (QED) is 0.724. The SMILES string of the molecule is CC(C)c1cnc(CSc2nnnn2-c2ccc(O)cc2)o1. The van der Waals surface area contributed by atoms with Crippen LogP contribution in [-0.2, 0) is 5.75 Å². The summed E-state index contributed by atoms with van der Waals surface area (Å²) in [6.07, 6.45) is 1.75. The molecule has 0 amide bonds. The van der Waals surface area contributed by atoms with E-state index in [2.05, 4.69) is 34.4 Å². The van der Waals surface area contributed by atoms with E-state index >= 15 is 0 Å². The van der Waals surface area contributed by atoms with Crippen LogP contribution < -0.4 is 0 Å². The van der Waals surface area contributed by atoms with Gasteiger partial charge in [-0.25, -0.2) is 4.98 Å². The van der Waals surface area contributed by atoms with Gasteiger partial charge in [-0.2, -0.15) is 4.68 Å². The molecule has 0 saturated carbocycles. The average Bonchev–Trinajstić information content (AvgIpc) is 3.15. The second-order valence-corrected chi connectivity index (χ2v) is 5.93. The van der Waals surface area contributed by atoms with Crippen LogP contribution in [0.5, 0.6) is 5.75 Å². The lowest BCUT2D eigenvalue weighted by atomic mass is 10.2. The number of rotatable bonds is 5. The number of aromatic nitrogens is 5. The van der Waals surface area contributed by atoms with E-state index in [-0.39, 0.29) is 5.75 Å². The number of thioether (sulfide) groups is 1. The number of hydrogen-bond acceptors (Lipinski definition) is 7. The summed E-state index contributed by atoms with van der Waals surface area (Å²) in [6.45, 7) is 4.12. The minimum absolute atomic E-state index is 0.201. The summed E-state index contributed by atoms with van der Waals surface area (Å²) in [4.78, 5) is 4.25. The van der Waals surface area contributed by atoms with Crippen LogP contribution in [0.3, 0.4) is 0 Å². The summed E-state index contributed by atoms with van der Waals surface area (Å²) >= 11 is 1.44. The molecule has 0 fully saturated rings. The molecule has 3 aromatic rings. The average molecular weight is 317 g/mol. The normalized spacial score (nSPS) is 11.2. The maximum atomic E-state index is 9.34. The lowest BCUT2D eigenvalue weighted by Gasteiger charge is -2.03. The Bertz CT molecular complexity index is 751. The second kappa shape index (κ2) is 6.18. The number of hydrogen-bond donors (Lipinski definition) is 1. The third-order valence-corrected chi connectivity index (χ3v) is 3.90. The molecular weight excluding hydrogens is 302 g/mol. The Kier molecular flexibility index (Phi) is 4.10. The molecule has 2 heterocycles. The molecule has 2 aromatic heterocycles. The number of tetrazole rings is 1. The van der Waals surface area contributed by atoms with E-state index in [4.69, 9.17) is 4.42 Å². The second-order valence-electron chi connectivity index (χ2n) is 4.99. The zero-order valence-corrected chi connectivity index (χ0v) is 13.0. The van der Waals surface area contributed by atoms with Crippen molar-refractivity contribution in [3.63, 3.8) is 0 Å². The first-order chi connectivity index (χ1) is 10.6. The Labute approximate surface area is 131 Å². The molecule has 0 atom stereocenters. The molecule has 8 heteroatoms. The molecule has 7 nitrogen and oxygen atoms in total. The van der Waals surface area contributed by atoms with Gasteiger partial charge >= 0.3 is 0 Å². The van der Waals surface area contributed by atoms with E-state index < -0.39 is 0 Å². The van der Waals surface area contributed by atoms with E-state index in [1.807, 2.05) is 0 Å². The summed E-state index contributed by atoms with van der Waals surface area (Å²) < 4.78 is 7.27. The molecule has 0 unspecified atom stereocenters. The summed E-state index contributed by atoms with van der Waals surface area (Å²) in [5, 5.41) is 21.6. The third-order valence-electron chi connectivity index (χ3n) is 3.00. The van der Waals surface area contributed by atoms with Gasteiger partial charge in [0.25, 0.3) is 0 Å². The monoisotopic (exact) mass is 317 g/mol. The molecule has 0 aliphatic rings. The van der Waals surface area contributed by atoms with E-state index in [0.717, 1.165) is 11.4 Å². The summed E-state index contributed by atoms with van der Waals surface area (Å²) in [5.41, 5.74) is 0.778. The minimum Gasteiger partial charge on any atom is -0.508 e. The van der Waals surface area contributed by atoms with Gasteiger partial charge in [0.05, 0.1) is 17.6 Å². The highest BCUT2D eigenvalue weighted by Crippen LogP contribution is 2.24. The van der Waals surface area contributed by atoms with Crippen LogP contribution in [0.25, 0.3) is 5.69 Å². The first-order valence-corrected chi connectivity index (χ1v) is 7.77. The van der Waals surface area contributed by atoms with Crippen LogP contribution in [0.2, 0.25) is 0 Å². The van der Waals surface area contributed by atoms with Crippen LogP contribution >= 0.6 is 11.8 Å². The van der Waals surface area contributed by atoms with Crippen molar-refractivity contribution < 1.29 is 9.52 Å². The molecular formula is C14H15N5O2S. The third kappa shape index (κ3) is 3.11. The molecule has 1 N–H and O–H groups in total. The fourth-order valence-electron chi connectivity index (χ4n) is 1.81. The van der Waals surface area contributed by atoms with E-state index in [1.54, 1.807) is 35.1 Å². The van der Waals surface area contributed by atoms with Crippen molar-refractivity contribution in [3.05, 3.63) is 42.1 Å². The van der Waals surface area contributed by atoms with Crippen LogP contribution in [-0.4, -0.2) is 30.3 Å². The highest BCUT2D eigenvalue weighted by molar-refractivity contribution is 7.98. The highest BCUT2D eigenvalue weighted by Gasteiger charge is 2.12. The Morgan fingerprint density at radius 1 is 1.27 bits per heavy atom. The molecule has 114 valence electrons. The van der Waals surface area contributed by atoms with E-state index in [9.17, 15) is 5.11 Å². The van der Waals surface area contributed by atoms with Gasteiger partial charge in [-0.15, -0.1) is 5.10 Å². The summed E-state index contributed by atoms with van der Waals surface area (Å²) in [6, 6.07) is 6.68. The predicted octanol–water partition coefficient (Wildman–Crippen LogP) is 2.77. The van der Waals surface area contributed by atoms with Crippen molar-refractivity contribution in [1.29, 1.82) is 0 Å². The van der Waals surface area contributed by atoms with Gasteiger partial charge in [-0.1, -0.05) is 25.6 Å². The van der Waals surface area contributed by atoms with Gasteiger partial charge in [0, 0.05) is 5.92 Å². The molecule has 3 rings (SSSR count). The van der Waals surface area contributed by atoms with Gasteiger partial charge in [0.1, 0.15) is 11.5 Å². The fraction of sp³-hybridized carbons (Fsp3) is 0.286. The minimum atomic E-state index is 0.201. The first-order valence-electron chi connectivity index (χ1n) is 6.78. The summed E-state index contributed by atoms with van der Waals surface area (Å²) in [5.74, 6) is 2.58. The van der Waals surface area contributed by atoms with Gasteiger partial charge in [-0.05, 0) is 34.7 Å². The summed E-state index contributed by atoms with van der Waals surface area (Å²) in [7, 11) is 0. The Balaban J connectivity index is 1.73. The van der Waals surface area contributed by atoms with Gasteiger partial charge in [-0.3, -0.25) is 0 Å². The molecule has 0 saturated heterocycles. The van der Waals surface area contributed by atoms with Gasteiger partial charge < -0.3 is 9.52 Å². The number of nitrogens with zero attached hydrogens (tertiary/aromatic N) is 5. The molecule has 0 spiro atoms. The van der Waals surface area contributed by atoms with Crippen molar-refractivity contribution in [3.8, 4) is 11.4 Å². The number of aromatic hydroxyl groups is 1. The van der Waals surface area contributed by atoms with Crippen molar-refractivity contribution in [2.75, 3.05) is 0 Å². The molecule has 0 radical (unpaired) electrons. The largest absolute Gasteiger partial charge is 0.508 e. The lowest BCUT2D eigenvalue weighted by Crippen LogP contribution is -1.98. The molecule has 22 heavy (non-hydrogen) atoms. The van der Waals surface area contributed by atoms with E-state index in [1.165, 1.54) is 11.8 Å². The zero-order chi connectivity index (χ0) is 15.5. The van der Waals surface area contributed by atoms with Crippen molar-refractivity contribution in [1.82, 2.24) is 25.2 Å². The van der Waals surface area contributed by atoms with Crippen molar-refractivity contribution in [2.24, 2.45) is 0 Å². The topological polar surface area (TPSA) is 89.9 Å². The van der Waals surface area contributed by atoms with Crippen molar-refractivity contribution in [2.45, 2.75) is 30.7 Å². The maximum absolute atomic E-state index is 9.34. The Morgan fingerprint density at radius 2 is 2.05 bits per heavy atom. The van der Waals surface area contributed by atoms with Crippen molar-refractivity contribution >= 4 is 11.8 Å². The Morgan fingerprint density at radius 3 is 2.73 bits per heavy atom. The van der Waals surface area contributed by atoms with Crippen LogP contribution in [0, 0.1) is 0 Å². The van der Waals surface area contributed by atoms with Gasteiger partial charge in [0.15, 0.2) is 0 Å². The number of oxazole rings is 1. The molecule has 0 aliphatic heterocycles. The van der Waals surface area contributed by atoms with Crippen LogP contribution in [0.1, 0.15) is 31.4 Å². The van der Waals surface area contributed by atoms with Crippen LogP contribution in [0.15, 0.2) is 40.0 Å². The van der Waals surface area contributed by atoms with Crippen LogP contribution in [0.4, 0.5) is 0 Å². The molecule has 0 bridgehead atoms. The Hall–Kier alpha value is -2.35.